The van der Waals surface area contributed by atoms with Crippen molar-refractivity contribution in [1.29, 1.82) is 0 Å². The third-order valence-corrected chi connectivity index (χ3v) is 4.54. The number of aromatic hydroxyl groups is 1. The van der Waals surface area contributed by atoms with Crippen LogP contribution >= 0.6 is 11.8 Å². The van der Waals surface area contributed by atoms with E-state index < -0.39 is 0 Å². The molecule has 1 saturated heterocycles. The van der Waals surface area contributed by atoms with Crippen molar-refractivity contribution in [3.8, 4) is 5.75 Å². The summed E-state index contributed by atoms with van der Waals surface area (Å²) in [7, 11) is 0. The summed E-state index contributed by atoms with van der Waals surface area (Å²) < 4.78 is 1.89. The van der Waals surface area contributed by atoms with Crippen molar-refractivity contribution in [3.63, 3.8) is 0 Å². The number of pyridine rings is 1. The number of nitrogens with zero attached hydrogens (tertiary/aromatic N) is 3. The quantitative estimate of drug-likeness (QED) is 0.887. The van der Waals surface area contributed by atoms with Gasteiger partial charge in [-0.2, -0.15) is 11.8 Å². The predicted molar refractivity (Wildman–Crippen MR) is 68.5 cm³/mol. The minimum Gasteiger partial charge on any atom is -0.506 e. The molecule has 2 aromatic rings. The van der Waals surface area contributed by atoms with Gasteiger partial charge in [-0.15, -0.1) is 10.2 Å². The van der Waals surface area contributed by atoms with Crippen LogP contribution in [0.5, 0.6) is 5.75 Å². The number of hydrogen-bond donors (Lipinski definition) is 1. The maximum atomic E-state index is 9.50. The Kier molecular flexibility index (Phi) is 2.93. The van der Waals surface area contributed by atoms with Gasteiger partial charge in [-0.1, -0.05) is 6.42 Å². The molecule has 3 heterocycles. The lowest BCUT2D eigenvalue weighted by Gasteiger charge is -2.20. The van der Waals surface area contributed by atoms with Gasteiger partial charge in [-0.05, 0) is 30.7 Å². The minimum atomic E-state index is 0.259. The second kappa shape index (κ2) is 4.56. The maximum absolute atomic E-state index is 9.50. The summed E-state index contributed by atoms with van der Waals surface area (Å²) in [6.07, 6.45) is 6.55. The highest BCUT2D eigenvalue weighted by Crippen LogP contribution is 2.27. The van der Waals surface area contributed by atoms with Crippen LogP contribution in [0.3, 0.4) is 0 Å². The van der Waals surface area contributed by atoms with E-state index in [2.05, 4.69) is 10.2 Å². The Morgan fingerprint density at radius 1 is 1.35 bits per heavy atom. The molecule has 0 spiro atoms. The van der Waals surface area contributed by atoms with E-state index in [9.17, 15) is 5.11 Å². The third kappa shape index (κ3) is 2.24. The topological polar surface area (TPSA) is 50.4 Å². The van der Waals surface area contributed by atoms with Crippen LogP contribution in [0.4, 0.5) is 0 Å². The Hall–Kier alpha value is -1.23. The zero-order valence-corrected chi connectivity index (χ0v) is 10.4. The van der Waals surface area contributed by atoms with Gasteiger partial charge in [0.1, 0.15) is 11.6 Å². The molecule has 4 nitrogen and oxygen atoms in total. The molecule has 0 aliphatic carbocycles. The molecule has 1 atom stereocenters. The van der Waals surface area contributed by atoms with E-state index >= 15 is 0 Å². The van der Waals surface area contributed by atoms with Gasteiger partial charge in [0.2, 0.25) is 0 Å². The molecule has 1 N–H and O–H groups in total. The summed E-state index contributed by atoms with van der Waals surface area (Å²) in [6.45, 7) is 0. The molecule has 0 bridgehead atoms. The highest BCUT2D eigenvalue weighted by molar-refractivity contribution is 7.99. The Morgan fingerprint density at radius 2 is 2.29 bits per heavy atom. The smallest absolute Gasteiger partial charge is 0.161 e. The Labute approximate surface area is 104 Å². The van der Waals surface area contributed by atoms with Crippen LogP contribution in [-0.2, 0) is 6.42 Å². The highest BCUT2D eigenvalue weighted by Gasteiger charge is 2.17. The van der Waals surface area contributed by atoms with Gasteiger partial charge in [-0.3, -0.25) is 4.40 Å². The highest BCUT2D eigenvalue weighted by atomic mass is 32.2. The van der Waals surface area contributed by atoms with Crippen molar-refractivity contribution in [1.82, 2.24) is 14.6 Å². The first-order valence-electron chi connectivity index (χ1n) is 5.97. The molecule has 1 aliphatic heterocycles. The molecule has 1 unspecified atom stereocenters. The fourth-order valence-corrected chi connectivity index (χ4v) is 3.54. The van der Waals surface area contributed by atoms with E-state index in [4.69, 9.17) is 0 Å². The van der Waals surface area contributed by atoms with E-state index in [1.165, 1.54) is 25.0 Å². The molecule has 2 aromatic heterocycles. The van der Waals surface area contributed by atoms with Crippen LogP contribution in [0.15, 0.2) is 18.3 Å². The summed E-state index contributed by atoms with van der Waals surface area (Å²) in [5, 5.41) is 18.5. The lowest BCUT2D eigenvalue weighted by Crippen LogP contribution is -2.14. The first-order chi connectivity index (χ1) is 8.33. The Bertz CT molecular complexity index is 519. The summed E-state index contributed by atoms with van der Waals surface area (Å²) >= 11 is 2.03. The fourth-order valence-electron chi connectivity index (χ4n) is 2.24. The minimum absolute atomic E-state index is 0.259. The van der Waals surface area contributed by atoms with E-state index in [1.54, 1.807) is 18.3 Å². The molecule has 1 aliphatic rings. The van der Waals surface area contributed by atoms with Gasteiger partial charge in [-0.25, -0.2) is 0 Å². The predicted octanol–water partition coefficient (Wildman–Crippen LogP) is 2.26. The van der Waals surface area contributed by atoms with Crippen molar-refractivity contribution >= 4 is 17.4 Å². The van der Waals surface area contributed by atoms with E-state index in [1.807, 2.05) is 16.2 Å². The van der Waals surface area contributed by atoms with Gasteiger partial charge in [0, 0.05) is 11.7 Å². The van der Waals surface area contributed by atoms with Gasteiger partial charge in [0.05, 0.1) is 6.20 Å². The largest absolute Gasteiger partial charge is 0.506 e. The van der Waals surface area contributed by atoms with Crippen molar-refractivity contribution in [2.24, 2.45) is 0 Å². The Morgan fingerprint density at radius 3 is 3.12 bits per heavy atom. The molecule has 0 saturated carbocycles. The molecule has 0 aromatic carbocycles. The summed E-state index contributed by atoms with van der Waals surface area (Å²) in [4.78, 5) is 0. The zero-order chi connectivity index (χ0) is 11.7. The monoisotopic (exact) mass is 249 g/mol. The average Bonchev–Trinajstić information content (AvgIpc) is 2.73. The van der Waals surface area contributed by atoms with Gasteiger partial charge < -0.3 is 5.11 Å². The molecule has 0 amide bonds. The average molecular weight is 249 g/mol. The van der Waals surface area contributed by atoms with Crippen LogP contribution < -0.4 is 0 Å². The molecule has 5 heteroatoms. The number of rotatable bonds is 2. The molecular weight excluding hydrogens is 234 g/mol. The number of fused-ring (bicyclic) bond motifs is 1. The molecule has 17 heavy (non-hydrogen) atoms. The van der Waals surface area contributed by atoms with Crippen LogP contribution in [0.2, 0.25) is 0 Å². The van der Waals surface area contributed by atoms with Crippen LogP contribution in [0.25, 0.3) is 5.65 Å². The van der Waals surface area contributed by atoms with Crippen molar-refractivity contribution in [2.45, 2.75) is 30.9 Å². The lowest BCUT2D eigenvalue weighted by atomic mass is 10.1. The second-order valence-corrected chi connectivity index (χ2v) is 5.83. The van der Waals surface area contributed by atoms with E-state index in [-0.39, 0.29) is 5.75 Å². The van der Waals surface area contributed by atoms with E-state index in [0.29, 0.717) is 5.25 Å². The molecule has 1 fully saturated rings. The van der Waals surface area contributed by atoms with Gasteiger partial charge in [0.25, 0.3) is 0 Å². The van der Waals surface area contributed by atoms with Crippen LogP contribution in [0, 0.1) is 0 Å². The second-order valence-electron chi connectivity index (χ2n) is 4.42. The van der Waals surface area contributed by atoms with Crippen LogP contribution in [0.1, 0.15) is 25.1 Å². The molecule has 3 rings (SSSR count). The summed E-state index contributed by atoms with van der Waals surface area (Å²) in [5.41, 5.74) is 0.804. The fraction of sp³-hybridized carbons (Fsp3) is 0.500. The molecule has 90 valence electrons. The first-order valence-corrected chi connectivity index (χ1v) is 7.02. The summed E-state index contributed by atoms with van der Waals surface area (Å²) in [6, 6.07) is 3.43. The zero-order valence-electron chi connectivity index (χ0n) is 9.54. The number of aromatic nitrogens is 3. The standard InChI is InChI=1S/C12H15N3OS/c16-9-4-5-11-13-14-12(15(11)8-9)7-10-3-1-2-6-17-10/h4-5,8,10,16H,1-3,6-7H2. The third-order valence-electron chi connectivity index (χ3n) is 3.14. The number of thioether (sulfide) groups is 1. The van der Waals surface area contributed by atoms with Crippen molar-refractivity contribution in [3.05, 3.63) is 24.2 Å². The maximum Gasteiger partial charge on any atom is 0.161 e. The molecular formula is C12H15N3OS. The normalized spacial score (nSPS) is 20.8. The SMILES string of the molecule is Oc1ccc2nnc(CC3CCCCS3)n2c1. The first kappa shape index (κ1) is 10.9. The van der Waals surface area contributed by atoms with Crippen molar-refractivity contribution < 1.29 is 5.11 Å². The van der Waals surface area contributed by atoms with E-state index in [0.717, 1.165) is 17.9 Å². The lowest BCUT2D eigenvalue weighted by molar-refractivity contribution is 0.471. The Balaban J connectivity index is 1.86. The van der Waals surface area contributed by atoms with Gasteiger partial charge >= 0.3 is 0 Å². The molecule has 0 radical (unpaired) electrons. The number of hydrogen-bond acceptors (Lipinski definition) is 4. The summed E-state index contributed by atoms with van der Waals surface area (Å²) in [5.74, 6) is 2.47. The van der Waals surface area contributed by atoms with Crippen molar-refractivity contribution in [2.75, 3.05) is 5.75 Å². The van der Waals surface area contributed by atoms with Crippen LogP contribution in [-0.4, -0.2) is 30.7 Å². The van der Waals surface area contributed by atoms with Gasteiger partial charge in [0.15, 0.2) is 5.65 Å².